The number of nitriles is 1. The first-order chi connectivity index (χ1) is 9.45. The van der Waals surface area contributed by atoms with Gasteiger partial charge in [0.1, 0.15) is 11.8 Å². The summed E-state index contributed by atoms with van der Waals surface area (Å²) in [5.74, 6) is 0.803. The number of methoxy groups -OCH3 is 1. The fraction of sp³-hybridized carbons (Fsp3) is 0.562. The summed E-state index contributed by atoms with van der Waals surface area (Å²) in [7, 11) is 1.66. The van der Waals surface area contributed by atoms with Crippen molar-refractivity contribution in [2.45, 2.75) is 26.3 Å². The molecule has 20 heavy (non-hydrogen) atoms. The van der Waals surface area contributed by atoms with Crippen LogP contribution >= 0.6 is 0 Å². The quantitative estimate of drug-likeness (QED) is 0.830. The van der Waals surface area contributed by atoms with Gasteiger partial charge >= 0.3 is 0 Å². The number of ether oxygens (including phenoxy) is 1. The Morgan fingerprint density at radius 2 is 1.80 bits per heavy atom. The van der Waals surface area contributed by atoms with Crippen LogP contribution in [-0.2, 0) is 0 Å². The largest absolute Gasteiger partial charge is 0.497 e. The van der Waals surface area contributed by atoms with Crippen molar-refractivity contribution in [3.63, 3.8) is 0 Å². The standard InChI is InChI=1S/C16H23N3O/c1-16(2,3)19-9-7-18(8-10-19)15-11-14(20-4)6-5-13(15)12-17/h5-6,11H,7-10H2,1-4H3. The van der Waals surface area contributed by atoms with E-state index >= 15 is 0 Å². The van der Waals surface area contributed by atoms with Crippen LogP contribution in [0.15, 0.2) is 18.2 Å². The van der Waals surface area contributed by atoms with Crippen LogP contribution in [-0.4, -0.2) is 43.7 Å². The molecule has 0 saturated carbocycles. The summed E-state index contributed by atoms with van der Waals surface area (Å²) in [6.07, 6.45) is 0. The highest BCUT2D eigenvalue weighted by Gasteiger charge is 2.26. The molecule has 0 spiro atoms. The van der Waals surface area contributed by atoms with Gasteiger partial charge in [-0.3, -0.25) is 4.90 Å². The SMILES string of the molecule is COc1ccc(C#N)c(N2CCN(C(C)(C)C)CC2)c1. The van der Waals surface area contributed by atoms with Crippen LogP contribution < -0.4 is 9.64 Å². The average Bonchev–Trinajstić information content (AvgIpc) is 2.45. The number of rotatable bonds is 2. The van der Waals surface area contributed by atoms with Gasteiger partial charge in [0.15, 0.2) is 0 Å². The summed E-state index contributed by atoms with van der Waals surface area (Å²) >= 11 is 0. The van der Waals surface area contributed by atoms with E-state index < -0.39 is 0 Å². The van der Waals surface area contributed by atoms with Gasteiger partial charge in [0, 0.05) is 37.8 Å². The van der Waals surface area contributed by atoms with Crippen molar-refractivity contribution >= 4 is 5.69 Å². The molecule has 1 aliphatic heterocycles. The van der Waals surface area contributed by atoms with Crippen LogP contribution in [0.25, 0.3) is 0 Å². The third-order valence-corrected chi connectivity index (χ3v) is 3.89. The lowest BCUT2D eigenvalue weighted by Crippen LogP contribution is -2.53. The second-order valence-electron chi connectivity index (χ2n) is 6.14. The molecule has 1 aliphatic rings. The molecule has 1 aromatic rings. The van der Waals surface area contributed by atoms with E-state index in [-0.39, 0.29) is 5.54 Å². The minimum atomic E-state index is 0.207. The number of piperazine rings is 1. The Hall–Kier alpha value is -1.73. The zero-order chi connectivity index (χ0) is 14.8. The first-order valence-corrected chi connectivity index (χ1v) is 7.04. The van der Waals surface area contributed by atoms with Gasteiger partial charge in [-0.25, -0.2) is 0 Å². The molecular formula is C16H23N3O. The Morgan fingerprint density at radius 1 is 1.15 bits per heavy atom. The maximum Gasteiger partial charge on any atom is 0.121 e. The molecule has 0 unspecified atom stereocenters. The number of hydrogen-bond acceptors (Lipinski definition) is 4. The third kappa shape index (κ3) is 3.05. The van der Waals surface area contributed by atoms with E-state index in [1.165, 1.54) is 0 Å². The van der Waals surface area contributed by atoms with Crippen LogP contribution in [0, 0.1) is 11.3 Å². The molecule has 2 rings (SSSR count). The second kappa shape index (κ2) is 5.72. The molecule has 1 aromatic carbocycles. The van der Waals surface area contributed by atoms with E-state index in [2.05, 4.69) is 36.6 Å². The van der Waals surface area contributed by atoms with Crippen LogP contribution in [0.5, 0.6) is 5.75 Å². The lowest BCUT2D eigenvalue weighted by atomic mass is 10.0. The normalized spacial score (nSPS) is 16.9. The van der Waals surface area contributed by atoms with E-state index in [1.807, 2.05) is 18.2 Å². The molecule has 0 bridgehead atoms. The van der Waals surface area contributed by atoms with Crippen molar-refractivity contribution in [1.29, 1.82) is 5.26 Å². The average molecular weight is 273 g/mol. The molecular weight excluding hydrogens is 250 g/mol. The van der Waals surface area contributed by atoms with Gasteiger partial charge in [0.2, 0.25) is 0 Å². The van der Waals surface area contributed by atoms with Gasteiger partial charge < -0.3 is 9.64 Å². The minimum Gasteiger partial charge on any atom is -0.497 e. The van der Waals surface area contributed by atoms with Gasteiger partial charge in [-0.15, -0.1) is 0 Å². The molecule has 0 aromatic heterocycles. The van der Waals surface area contributed by atoms with Crippen molar-refractivity contribution in [2.24, 2.45) is 0 Å². The molecule has 4 heteroatoms. The molecule has 1 heterocycles. The molecule has 1 saturated heterocycles. The van der Waals surface area contributed by atoms with E-state index in [9.17, 15) is 5.26 Å². The highest BCUT2D eigenvalue weighted by atomic mass is 16.5. The summed E-state index contributed by atoms with van der Waals surface area (Å²) in [6, 6.07) is 7.92. The van der Waals surface area contributed by atoms with Gasteiger partial charge in [0.25, 0.3) is 0 Å². The number of nitrogens with zero attached hydrogens (tertiary/aromatic N) is 3. The Balaban J connectivity index is 2.16. The number of benzene rings is 1. The molecule has 0 N–H and O–H groups in total. The maximum atomic E-state index is 9.27. The summed E-state index contributed by atoms with van der Waals surface area (Å²) < 4.78 is 5.27. The maximum absolute atomic E-state index is 9.27. The predicted octanol–water partition coefficient (Wildman–Crippen LogP) is 2.49. The fourth-order valence-electron chi connectivity index (χ4n) is 2.61. The summed E-state index contributed by atoms with van der Waals surface area (Å²) in [5.41, 5.74) is 1.91. The zero-order valence-electron chi connectivity index (χ0n) is 12.8. The van der Waals surface area contributed by atoms with Crippen molar-refractivity contribution in [3.05, 3.63) is 23.8 Å². The Labute approximate surface area is 121 Å². The topological polar surface area (TPSA) is 39.5 Å². The Morgan fingerprint density at radius 3 is 2.30 bits per heavy atom. The molecule has 1 fully saturated rings. The number of anilines is 1. The van der Waals surface area contributed by atoms with Gasteiger partial charge in [-0.1, -0.05) is 0 Å². The summed E-state index contributed by atoms with van der Waals surface area (Å²) in [6.45, 7) is 10.7. The van der Waals surface area contributed by atoms with Gasteiger partial charge in [-0.2, -0.15) is 5.26 Å². The smallest absolute Gasteiger partial charge is 0.121 e. The van der Waals surface area contributed by atoms with Crippen molar-refractivity contribution < 1.29 is 4.74 Å². The first-order valence-electron chi connectivity index (χ1n) is 7.04. The summed E-state index contributed by atoms with van der Waals surface area (Å²) in [4.78, 5) is 4.76. The second-order valence-corrected chi connectivity index (χ2v) is 6.14. The van der Waals surface area contributed by atoms with Crippen LogP contribution in [0.2, 0.25) is 0 Å². The van der Waals surface area contributed by atoms with E-state index in [0.29, 0.717) is 0 Å². The van der Waals surface area contributed by atoms with Crippen LogP contribution in [0.1, 0.15) is 26.3 Å². The predicted molar refractivity (Wildman–Crippen MR) is 81.2 cm³/mol. The molecule has 0 aliphatic carbocycles. The fourth-order valence-corrected chi connectivity index (χ4v) is 2.61. The Bertz CT molecular complexity index is 505. The highest BCUT2D eigenvalue weighted by molar-refractivity contribution is 5.62. The third-order valence-electron chi connectivity index (χ3n) is 3.89. The van der Waals surface area contributed by atoms with E-state index in [1.54, 1.807) is 7.11 Å². The van der Waals surface area contributed by atoms with Crippen molar-refractivity contribution in [3.8, 4) is 11.8 Å². The minimum absolute atomic E-state index is 0.207. The van der Waals surface area contributed by atoms with Gasteiger partial charge in [-0.05, 0) is 32.9 Å². The molecule has 108 valence electrons. The van der Waals surface area contributed by atoms with Crippen molar-refractivity contribution in [1.82, 2.24) is 4.90 Å². The zero-order valence-corrected chi connectivity index (χ0v) is 12.8. The van der Waals surface area contributed by atoms with Crippen LogP contribution in [0.4, 0.5) is 5.69 Å². The lowest BCUT2D eigenvalue weighted by Gasteiger charge is -2.43. The monoisotopic (exact) mass is 273 g/mol. The van der Waals surface area contributed by atoms with Gasteiger partial charge in [0.05, 0.1) is 18.4 Å². The molecule has 0 amide bonds. The summed E-state index contributed by atoms with van der Waals surface area (Å²) in [5, 5.41) is 9.27. The van der Waals surface area contributed by atoms with E-state index in [4.69, 9.17) is 4.74 Å². The molecule has 4 nitrogen and oxygen atoms in total. The molecule has 0 atom stereocenters. The highest BCUT2D eigenvalue weighted by Crippen LogP contribution is 2.27. The lowest BCUT2D eigenvalue weighted by molar-refractivity contribution is 0.128. The van der Waals surface area contributed by atoms with Crippen LogP contribution in [0.3, 0.4) is 0 Å². The van der Waals surface area contributed by atoms with E-state index in [0.717, 1.165) is 43.2 Å². The first kappa shape index (κ1) is 14.7. The number of hydrogen-bond donors (Lipinski definition) is 0. The molecule has 0 radical (unpaired) electrons. The van der Waals surface area contributed by atoms with Crippen molar-refractivity contribution in [2.75, 3.05) is 38.2 Å². The Kier molecular flexibility index (Phi) is 4.20.